The van der Waals surface area contributed by atoms with Gasteiger partial charge >= 0.3 is 71.6 Å². The highest BCUT2D eigenvalue weighted by Crippen LogP contribution is 2.62. The van der Waals surface area contributed by atoms with E-state index in [4.69, 9.17) is 0 Å². The van der Waals surface area contributed by atoms with Crippen LogP contribution in [0, 0.1) is 0 Å². The van der Waals surface area contributed by atoms with Crippen molar-refractivity contribution in [2.45, 2.75) is 150 Å². The monoisotopic (exact) mass is 1210 g/mol. The van der Waals surface area contributed by atoms with E-state index >= 15 is 0 Å². The van der Waals surface area contributed by atoms with E-state index in [1.165, 1.54) is 4.90 Å². The molecule has 0 radical (unpaired) electrons. The molecule has 0 rings (SSSR count). The molecule has 0 saturated carbocycles. The minimum absolute atomic E-state index is 0.0988. The van der Waals surface area contributed by atoms with Crippen molar-refractivity contribution < 1.29 is 154 Å². The van der Waals surface area contributed by atoms with E-state index in [0.717, 1.165) is 4.90 Å². The molecule has 4 amide bonds. The van der Waals surface area contributed by atoms with Crippen LogP contribution in [0.1, 0.15) is 78.1 Å². The Labute approximate surface area is 423 Å². The van der Waals surface area contributed by atoms with Gasteiger partial charge in [-0.2, -0.15) is 114 Å². The van der Waals surface area contributed by atoms with Gasteiger partial charge in [0, 0.05) is 77.8 Å². The van der Waals surface area contributed by atoms with Gasteiger partial charge in [-0.25, -0.2) is 20.3 Å². The number of hydroxylamine groups is 8. The molecule has 0 aromatic heterocycles. The summed E-state index contributed by atoms with van der Waals surface area (Å²) in [6, 6.07) is 0. The van der Waals surface area contributed by atoms with Crippen molar-refractivity contribution in [2.75, 3.05) is 65.4 Å². The lowest BCUT2D eigenvalue weighted by Gasteiger charge is -2.39. The third-order valence-electron chi connectivity index (χ3n) is 11.1. The molecular weight excluding hydrogens is 1160 g/mol. The summed E-state index contributed by atoms with van der Waals surface area (Å²) in [5.41, 5.74) is 0. The summed E-state index contributed by atoms with van der Waals surface area (Å²) in [5, 5.41) is 38.1. The molecule has 14 nitrogen and oxygen atoms in total. The Morgan fingerprint density at radius 2 is 0.500 bits per heavy atom. The van der Waals surface area contributed by atoms with Crippen LogP contribution in [-0.4, -0.2) is 212 Å². The SMILES string of the molecule is CCCN(O)C(=O)CCN(CCCCN(CCC(=O)N(O)CCC(F)(F)C(F)(F)C(F)(F)C(F)(F)C(F)(F)C(F)(F)F)CCC(=O)N(O)CCC(F)(F)C(F)(F)C(F)(F)C(F)(F)C(F)(F)C(F)(F)F)CCC(=O)N(O)CCC. The Bertz CT molecular complexity index is 1820. The number of alkyl halides is 26. The molecule has 0 aliphatic heterocycles. The van der Waals surface area contributed by atoms with Crippen LogP contribution in [0.15, 0.2) is 0 Å². The van der Waals surface area contributed by atoms with Gasteiger partial charge in [-0.05, 0) is 38.8 Å². The number of carbonyl (C=O) groups is 4. The van der Waals surface area contributed by atoms with E-state index in [1.54, 1.807) is 13.8 Å². The predicted molar refractivity (Wildman–Crippen MR) is 206 cm³/mol. The molecule has 78 heavy (non-hydrogen) atoms. The van der Waals surface area contributed by atoms with Crippen LogP contribution in [0.3, 0.4) is 0 Å². The molecule has 0 aliphatic rings. The second kappa shape index (κ2) is 27.1. The fraction of sp³-hybridized carbons (Fsp3) is 0.895. The third-order valence-corrected chi connectivity index (χ3v) is 11.1. The molecular formula is C38H50F26N6O8. The first-order valence-corrected chi connectivity index (χ1v) is 22.1. The number of nitrogens with zero attached hydrogens (tertiary/aromatic N) is 6. The Balaban J connectivity index is 6.53. The molecule has 0 atom stereocenters. The summed E-state index contributed by atoms with van der Waals surface area (Å²) in [7, 11) is 0. The van der Waals surface area contributed by atoms with Gasteiger partial charge in [0.05, 0.1) is 13.1 Å². The lowest BCUT2D eigenvalue weighted by molar-refractivity contribution is -0.440. The summed E-state index contributed by atoms with van der Waals surface area (Å²) in [6.45, 7) is -4.72. The van der Waals surface area contributed by atoms with Crippen molar-refractivity contribution in [1.82, 2.24) is 30.1 Å². The quantitative estimate of drug-likeness (QED) is 0.0208. The van der Waals surface area contributed by atoms with E-state index in [-0.39, 0.29) is 45.6 Å². The molecule has 0 aromatic rings. The standard InChI is InChI=1S/C38H50F26N6O8/c1-3-13-67(75)23(71)7-17-65(18-8-24(72)68(76)14-4-2)15-5-6-16-66(19-9-25(73)69(77)21-11-27(39,40)29(43,44)31(47,48)33(51,52)35(55,56)37(59,60)61)20-10-26(74)70(78)22-12-28(41,42)30(45,46)32(49,50)34(53,54)36(57,58)38(62,63)64/h75-78H,3-22H2,1-2H3. The van der Waals surface area contributed by atoms with Gasteiger partial charge in [0.15, 0.2) is 0 Å². The van der Waals surface area contributed by atoms with Gasteiger partial charge in [0.25, 0.3) is 0 Å². The topological polar surface area (TPSA) is 169 Å². The van der Waals surface area contributed by atoms with Crippen molar-refractivity contribution in [3.8, 4) is 0 Å². The highest BCUT2D eigenvalue weighted by Gasteiger charge is 2.92. The van der Waals surface area contributed by atoms with Gasteiger partial charge < -0.3 is 9.80 Å². The Morgan fingerprint density at radius 3 is 0.705 bits per heavy atom. The number of carbonyl (C=O) groups excluding carboxylic acids is 4. The lowest BCUT2D eigenvalue weighted by Crippen LogP contribution is -2.70. The minimum atomic E-state index is -8.29. The number of rotatable bonds is 35. The van der Waals surface area contributed by atoms with Crippen LogP contribution in [0.25, 0.3) is 0 Å². The maximum Gasteiger partial charge on any atom is 0.460 e. The molecule has 462 valence electrons. The lowest BCUT2D eigenvalue weighted by atomic mass is 9.92. The summed E-state index contributed by atoms with van der Waals surface area (Å²) in [4.78, 5) is 52.1. The molecule has 0 unspecified atom stereocenters. The van der Waals surface area contributed by atoms with Crippen LogP contribution in [0.2, 0.25) is 0 Å². The highest BCUT2D eigenvalue weighted by atomic mass is 19.4. The minimum Gasteiger partial charge on any atom is -0.302 e. The zero-order valence-electron chi connectivity index (χ0n) is 40.1. The molecule has 0 aromatic carbocycles. The van der Waals surface area contributed by atoms with Crippen LogP contribution in [-0.2, 0) is 19.2 Å². The van der Waals surface area contributed by atoms with E-state index < -0.39 is 177 Å². The summed E-state index contributed by atoms with van der Waals surface area (Å²) in [6.07, 6.45) is -24.9. The average molecular weight is 1210 g/mol. The van der Waals surface area contributed by atoms with E-state index in [0.29, 0.717) is 23.0 Å². The van der Waals surface area contributed by atoms with Crippen LogP contribution >= 0.6 is 0 Å². The van der Waals surface area contributed by atoms with Gasteiger partial charge in [-0.15, -0.1) is 0 Å². The van der Waals surface area contributed by atoms with Crippen molar-refractivity contribution in [3.63, 3.8) is 0 Å². The molecule has 0 heterocycles. The van der Waals surface area contributed by atoms with Gasteiger partial charge in [0.2, 0.25) is 23.6 Å². The smallest absolute Gasteiger partial charge is 0.302 e. The first-order valence-electron chi connectivity index (χ1n) is 22.1. The first kappa shape index (κ1) is 73.8. The average Bonchev–Trinajstić information content (AvgIpc) is 3.30. The van der Waals surface area contributed by atoms with Crippen molar-refractivity contribution >= 4 is 23.6 Å². The largest absolute Gasteiger partial charge is 0.460 e. The zero-order valence-corrected chi connectivity index (χ0v) is 40.1. The number of halogens is 26. The zero-order chi connectivity index (χ0) is 61.9. The summed E-state index contributed by atoms with van der Waals surface area (Å²) in [5.74, 6) is -83.9. The van der Waals surface area contributed by atoms with Crippen molar-refractivity contribution in [2.24, 2.45) is 0 Å². The Kier molecular flexibility index (Phi) is 25.6. The number of hydrogen-bond acceptors (Lipinski definition) is 10. The molecule has 0 aliphatic carbocycles. The van der Waals surface area contributed by atoms with Crippen LogP contribution < -0.4 is 0 Å². The summed E-state index contributed by atoms with van der Waals surface area (Å²) < 4.78 is 351. The molecule has 0 spiro atoms. The Hall–Kier alpha value is -4.18. The van der Waals surface area contributed by atoms with Crippen LogP contribution in [0.4, 0.5) is 114 Å². The van der Waals surface area contributed by atoms with Gasteiger partial charge in [0.1, 0.15) is 0 Å². The third kappa shape index (κ3) is 16.7. The molecule has 0 fully saturated rings. The number of hydrogen-bond donors (Lipinski definition) is 4. The number of amides is 4. The highest BCUT2D eigenvalue weighted by molar-refractivity contribution is 5.76. The van der Waals surface area contributed by atoms with E-state index in [1.807, 2.05) is 0 Å². The van der Waals surface area contributed by atoms with E-state index in [9.17, 15) is 154 Å². The maximum absolute atomic E-state index is 14.3. The first-order chi connectivity index (χ1) is 34.8. The number of unbranched alkanes of at least 4 members (excludes halogenated alkanes) is 1. The second-order valence-corrected chi connectivity index (χ2v) is 17.0. The van der Waals surface area contributed by atoms with Gasteiger partial charge in [-0.1, -0.05) is 13.8 Å². The second-order valence-electron chi connectivity index (χ2n) is 17.0. The molecule has 0 bridgehead atoms. The van der Waals surface area contributed by atoms with Crippen molar-refractivity contribution in [3.05, 3.63) is 0 Å². The molecule has 4 N–H and O–H groups in total. The fourth-order valence-corrected chi connectivity index (χ4v) is 6.21. The van der Waals surface area contributed by atoms with Gasteiger partial charge in [-0.3, -0.25) is 40.0 Å². The molecule has 40 heteroatoms. The normalized spacial score (nSPS) is 14.3. The maximum atomic E-state index is 14.3. The molecule has 0 saturated heterocycles. The van der Waals surface area contributed by atoms with E-state index in [2.05, 4.69) is 0 Å². The fourth-order valence-electron chi connectivity index (χ4n) is 6.21. The summed E-state index contributed by atoms with van der Waals surface area (Å²) >= 11 is 0. The predicted octanol–water partition coefficient (Wildman–Crippen LogP) is 9.88. The Morgan fingerprint density at radius 1 is 0.295 bits per heavy atom. The van der Waals surface area contributed by atoms with Crippen LogP contribution in [0.5, 0.6) is 0 Å². The van der Waals surface area contributed by atoms with Crippen molar-refractivity contribution in [1.29, 1.82) is 0 Å².